The molecule has 0 radical (unpaired) electrons. The zero-order chi connectivity index (χ0) is 19.0. The van der Waals surface area contributed by atoms with E-state index in [4.69, 9.17) is 0 Å². The van der Waals surface area contributed by atoms with Crippen LogP contribution < -0.4 is 4.72 Å². The Balaban J connectivity index is 1.56. The van der Waals surface area contributed by atoms with Crippen molar-refractivity contribution in [3.05, 3.63) is 71.4 Å². The maximum absolute atomic E-state index is 12.6. The van der Waals surface area contributed by atoms with Crippen molar-refractivity contribution in [1.29, 1.82) is 0 Å². The van der Waals surface area contributed by atoms with Gasteiger partial charge < -0.3 is 0 Å². The third-order valence-corrected chi connectivity index (χ3v) is 6.82. The molecule has 0 saturated heterocycles. The minimum atomic E-state index is -3.60. The molecule has 2 aromatic carbocycles. The predicted molar refractivity (Wildman–Crippen MR) is 110 cm³/mol. The van der Waals surface area contributed by atoms with Crippen molar-refractivity contribution < 1.29 is 8.42 Å². The van der Waals surface area contributed by atoms with Crippen LogP contribution in [0.3, 0.4) is 0 Å². The first-order valence-corrected chi connectivity index (χ1v) is 11.0. The van der Waals surface area contributed by atoms with Gasteiger partial charge in [-0.2, -0.15) is 0 Å². The summed E-state index contributed by atoms with van der Waals surface area (Å²) in [4.78, 5) is 5.82. The monoisotopic (exact) mass is 397 g/mol. The lowest BCUT2D eigenvalue weighted by atomic mass is 10.1. The second kappa shape index (κ2) is 6.83. The first-order chi connectivity index (χ1) is 13.0. The van der Waals surface area contributed by atoms with E-state index < -0.39 is 10.0 Å². The highest BCUT2D eigenvalue weighted by Gasteiger charge is 2.14. The fraction of sp³-hybridized carbons (Fsp3) is 0.150. The van der Waals surface area contributed by atoms with Crippen LogP contribution in [0.2, 0.25) is 0 Å². The number of fused-ring (bicyclic) bond motifs is 1. The third-order valence-electron chi connectivity index (χ3n) is 4.46. The molecule has 4 rings (SSSR count). The Morgan fingerprint density at radius 1 is 1.07 bits per heavy atom. The van der Waals surface area contributed by atoms with E-state index in [-0.39, 0.29) is 4.90 Å². The summed E-state index contributed by atoms with van der Waals surface area (Å²) in [5, 5.41) is 2.07. The van der Waals surface area contributed by atoms with Crippen molar-refractivity contribution in [2.45, 2.75) is 25.2 Å². The summed E-state index contributed by atoms with van der Waals surface area (Å²) in [6.07, 6.45) is 2.87. The first-order valence-electron chi connectivity index (χ1n) is 8.61. The summed E-state index contributed by atoms with van der Waals surface area (Å²) in [6, 6.07) is 14.2. The van der Waals surface area contributed by atoms with Gasteiger partial charge in [0.1, 0.15) is 0 Å². The number of benzene rings is 2. The van der Waals surface area contributed by atoms with Crippen LogP contribution in [0.1, 0.15) is 18.2 Å². The Kier molecular flexibility index (Phi) is 4.49. The number of imidazole rings is 1. The summed E-state index contributed by atoms with van der Waals surface area (Å²) in [7, 11) is -3.60. The van der Waals surface area contributed by atoms with E-state index in [1.165, 1.54) is 0 Å². The van der Waals surface area contributed by atoms with Crippen molar-refractivity contribution >= 4 is 32.0 Å². The van der Waals surface area contributed by atoms with Gasteiger partial charge in [-0.15, -0.1) is 11.3 Å². The maximum atomic E-state index is 12.6. The third kappa shape index (κ3) is 3.48. The van der Waals surface area contributed by atoms with Crippen molar-refractivity contribution in [2.24, 2.45) is 0 Å². The molecule has 0 saturated carbocycles. The first kappa shape index (κ1) is 17.8. The fourth-order valence-corrected chi connectivity index (χ4v) is 4.77. The van der Waals surface area contributed by atoms with Gasteiger partial charge in [-0.05, 0) is 43.2 Å². The topological polar surface area (TPSA) is 63.5 Å². The molecule has 0 unspecified atom stereocenters. The number of thiazole rings is 1. The lowest BCUT2D eigenvalue weighted by Crippen LogP contribution is -2.12. The van der Waals surface area contributed by atoms with Gasteiger partial charge in [-0.1, -0.05) is 31.2 Å². The quantitative estimate of drug-likeness (QED) is 0.529. The van der Waals surface area contributed by atoms with E-state index in [1.54, 1.807) is 35.6 Å². The van der Waals surface area contributed by atoms with Crippen LogP contribution >= 0.6 is 11.3 Å². The number of aromatic nitrogens is 2. The number of nitrogens with one attached hydrogen (secondary N) is 1. The van der Waals surface area contributed by atoms with E-state index in [0.717, 1.165) is 33.9 Å². The number of anilines is 1. The molecule has 0 atom stereocenters. The number of hydrogen-bond donors (Lipinski definition) is 1. The molecule has 0 fully saturated rings. The van der Waals surface area contributed by atoms with E-state index in [9.17, 15) is 8.42 Å². The number of sulfonamides is 1. The van der Waals surface area contributed by atoms with Gasteiger partial charge in [-0.3, -0.25) is 9.12 Å². The fourth-order valence-electron chi connectivity index (χ4n) is 2.86. The molecule has 4 aromatic rings. The van der Waals surface area contributed by atoms with Crippen LogP contribution in [0.4, 0.5) is 5.69 Å². The Morgan fingerprint density at radius 3 is 2.41 bits per heavy atom. The van der Waals surface area contributed by atoms with Gasteiger partial charge in [-0.25, -0.2) is 13.4 Å². The van der Waals surface area contributed by atoms with Crippen molar-refractivity contribution in [2.75, 3.05) is 4.72 Å². The predicted octanol–water partition coefficient (Wildman–Crippen LogP) is 4.73. The number of hydrogen-bond acceptors (Lipinski definition) is 4. The molecule has 0 amide bonds. The van der Waals surface area contributed by atoms with Crippen LogP contribution in [-0.2, 0) is 16.4 Å². The average Bonchev–Trinajstić information content (AvgIpc) is 3.24. The second-order valence-corrected chi connectivity index (χ2v) is 8.86. The van der Waals surface area contributed by atoms with Crippen LogP contribution in [0, 0.1) is 6.92 Å². The van der Waals surface area contributed by atoms with Gasteiger partial charge in [0.05, 0.1) is 10.6 Å². The van der Waals surface area contributed by atoms with Crippen LogP contribution in [0.25, 0.3) is 16.2 Å². The van der Waals surface area contributed by atoms with E-state index in [0.29, 0.717) is 5.69 Å². The molecule has 27 heavy (non-hydrogen) atoms. The summed E-state index contributed by atoms with van der Waals surface area (Å²) in [5.41, 5.74) is 4.59. The van der Waals surface area contributed by atoms with E-state index in [1.807, 2.05) is 44.3 Å². The largest absolute Gasteiger partial charge is 0.294 e. The van der Waals surface area contributed by atoms with Crippen LogP contribution in [0.5, 0.6) is 0 Å². The number of rotatable bonds is 5. The molecule has 2 heterocycles. The Labute approximate surface area is 162 Å². The molecule has 0 bridgehead atoms. The van der Waals surface area contributed by atoms with Crippen molar-refractivity contribution in [3.8, 4) is 11.3 Å². The molecular formula is C20H19N3O2S2. The number of nitrogens with zero attached hydrogens (tertiary/aromatic N) is 2. The van der Waals surface area contributed by atoms with E-state index >= 15 is 0 Å². The molecule has 0 aliphatic heterocycles. The van der Waals surface area contributed by atoms with Gasteiger partial charge >= 0.3 is 0 Å². The smallest absolute Gasteiger partial charge is 0.261 e. The summed E-state index contributed by atoms with van der Waals surface area (Å²) in [5.74, 6) is 0. The minimum absolute atomic E-state index is 0.258. The maximum Gasteiger partial charge on any atom is 0.261 e. The molecule has 5 nitrogen and oxygen atoms in total. The van der Waals surface area contributed by atoms with Gasteiger partial charge in [0.15, 0.2) is 4.96 Å². The average molecular weight is 398 g/mol. The van der Waals surface area contributed by atoms with Crippen molar-refractivity contribution in [1.82, 2.24) is 9.38 Å². The molecule has 0 aliphatic rings. The zero-order valence-electron chi connectivity index (χ0n) is 15.0. The number of aryl methyl sites for hydroxylation is 2. The standard InChI is InChI=1S/C20H19N3O2S2/c1-3-15-4-10-18(11-5-15)27(24,25)22-17-8-6-16(7-9-17)19-12-23-14(2)13-26-20(23)21-19/h4-13,22H,3H2,1-2H3. The normalized spacial score (nSPS) is 11.8. The molecule has 2 aromatic heterocycles. The summed E-state index contributed by atoms with van der Waals surface area (Å²) in [6.45, 7) is 4.08. The Bertz CT molecular complexity index is 1190. The highest BCUT2D eigenvalue weighted by Crippen LogP contribution is 2.25. The minimum Gasteiger partial charge on any atom is -0.294 e. The Morgan fingerprint density at radius 2 is 1.78 bits per heavy atom. The molecule has 0 spiro atoms. The lowest BCUT2D eigenvalue weighted by molar-refractivity contribution is 0.601. The van der Waals surface area contributed by atoms with Gasteiger partial charge in [0.2, 0.25) is 0 Å². The molecular weight excluding hydrogens is 378 g/mol. The van der Waals surface area contributed by atoms with E-state index in [2.05, 4.69) is 19.5 Å². The van der Waals surface area contributed by atoms with Crippen molar-refractivity contribution in [3.63, 3.8) is 0 Å². The highest BCUT2D eigenvalue weighted by molar-refractivity contribution is 7.92. The highest BCUT2D eigenvalue weighted by atomic mass is 32.2. The molecule has 1 N–H and O–H groups in total. The molecule has 7 heteroatoms. The lowest BCUT2D eigenvalue weighted by Gasteiger charge is -2.09. The van der Waals surface area contributed by atoms with Gasteiger partial charge in [0.25, 0.3) is 10.0 Å². The SMILES string of the molecule is CCc1ccc(S(=O)(=O)Nc2ccc(-c3cn4c(C)csc4n3)cc2)cc1. The summed E-state index contributed by atoms with van der Waals surface area (Å²) >= 11 is 1.60. The molecule has 0 aliphatic carbocycles. The Hall–Kier alpha value is -2.64. The van der Waals surface area contributed by atoms with Crippen LogP contribution in [-0.4, -0.2) is 17.8 Å². The molecule has 138 valence electrons. The van der Waals surface area contributed by atoms with Crippen LogP contribution in [0.15, 0.2) is 65.0 Å². The second-order valence-electron chi connectivity index (χ2n) is 6.34. The van der Waals surface area contributed by atoms with Gasteiger partial charge in [0, 0.05) is 28.5 Å². The zero-order valence-corrected chi connectivity index (χ0v) is 16.6. The summed E-state index contributed by atoms with van der Waals surface area (Å²) < 4.78 is 29.8.